The molecule has 1 aromatic heterocycles. The molecule has 0 unspecified atom stereocenters. The fourth-order valence-electron chi connectivity index (χ4n) is 1.76. The van der Waals surface area contributed by atoms with E-state index in [1.807, 2.05) is 0 Å². The van der Waals surface area contributed by atoms with E-state index >= 15 is 0 Å². The maximum Gasteiger partial charge on any atom is 0.241 e. The number of nitrogens with one attached hydrogen (secondary N) is 3. The van der Waals surface area contributed by atoms with E-state index in [2.05, 4.69) is 20.2 Å². The quantitative estimate of drug-likeness (QED) is 0.764. The van der Waals surface area contributed by atoms with Gasteiger partial charge >= 0.3 is 0 Å². The normalized spacial score (nSPS) is 11.3. The number of nitrogens with zero attached hydrogens (tertiary/aromatic N) is 1. The van der Waals surface area contributed by atoms with Gasteiger partial charge in [0.25, 0.3) is 0 Å². The molecule has 1 aromatic carbocycles. The van der Waals surface area contributed by atoms with E-state index in [1.165, 1.54) is 12.1 Å². The number of aryl methyl sites for hydroxylation is 2. The summed E-state index contributed by atoms with van der Waals surface area (Å²) in [5.74, 6) is -0.456. The number of hydrogen-bond acceptors (Lipinski definition) is 4. The highest BCUT2D eigenvalue weighted by molar-refractivity contribution is 7.89. The molecule has 0 spiro atoms. The average Bonchev–Trinajstić information content (AvgIpc) is 2.78. The van der Waals surface area contributed by atoms with E-state index < -0.39 is 15.9 Å². The minimum Gasteiger partial charge on any atom is -0.322 e. The van der Waals surface area contributed by atoms with Crippen molar-refractivity contribution >= 4 is 21.6 Å². The summed E-state index contributed by atoms with van der Waals surface area (Å²) >= 11 is 0. The maximum atomic E-state index is 12.0. The number of sulfonamides is 1. The number of anilines is 1. The van der Waals surface area contributed by atoms with Gasteiger partial charge in [-0.15, -0.1) is 0 Å². The van der Waals surface area contributed by atoms with Gasteiger partial charge in [0.1, 0.15) is 0 Å². The van der Waals surface area contributed by atoms with Gasteiger partial charge in [-0.1, -0.05) is 18.2 Å². The van der Waals surface area contributed by atoms with Gasteiger partial charge in [0, 0.05) is 0 Å². The van der Waals surface area contributed by atoms with E-state index in [9.17, 15) is 13.2 Å². The number of H-pyrrole nitrogens is 1. The zero-order chi connectivity index (χ0) is 15.5. The molecule has 1 amide bonds. The molecule has 21 heavy (non-hydrogen) atoms. The second kappa shape index (κ2) is 6.06. The first kappa shape index (κ1) is 15.2. The summed E-state index contributed by atoms with van der Waals surface area (Å²) < 4.78 is 26.2. The molecular formula is C13H16N4O3S. The molecule has 8 heteroatoms. The standard InChI is InChI=1S/C13H16N4O3S/c1-9-13(10(2)17-16-9)15-12(18)8-14-21(19,20)11-6-4-3-5-7-11/h3-7,14H,8H2,1-2H3,(H,15,18)(H,16,17). The largest absolute Gasteiger partial charge is 0.322 e. The fraction of sp³-hybridized carbons (Fsp3) is 0.231. The molecule has 0 saturated heterocycles. The molecule has 0 radical (unpaired) electrons. The molecule has 3 N–H and O–H groups in total. The maximum absolute atomic E-state index is 12.0. The van der Waals surface area contributed by atoms with Gasteiger partial charge < -0.3 is 5.32 Å². The summed E-state index contributed by atoms with van der Waals surface area (Å²) in [5.41, 5.74) is 1.93. The topological polar surface area (TPSA) is 104 Å². The van der Waals surface area contributed by atoms with Crippen molar-refractivity contribution in [1.29, 1.82) is 0 Å². The Labute approximate surface area is 122 Å². The SMILES string of the molecule is Cc1n[nH]c(C)c1NC(=O)CNS(=O)(=O)c1ccccc1. The van der Waals surface area contributed by atoms with Crippen molar-refractivity contribution < 1.29 is 13.2 Å². The molecule has 7 nitrogen and oxygen atoms in total. The Morgan fingerprint density at radius 3 is 2.48 bits per heavy atom. The van der Waals surface area contributed by atoms with Gasteiger partial charge in [-0.3, -0.25) is 9.89 Å². The summed E-state index contributed by atoms with van der Waals surface area (Å²) in [6, 6.07) is 7.88. The molecule has 1 heterocycles. The predicted octanol–water partition coefficient (Wildman–Crippen LogP) is 0.944. The highest BCUT2D eigenvalue weighted by atomic mass is 32.2. The Bertz CT molecular complexity index is 719. The number of benzene rings is 1. The lowest BCUT2D eigenvalue weighted by molar-refractivity contribution is -0.115. The lowest BCUT2D eigenvalue weighted by atomic mass is 10.3. The third-order valence-corrected chi connectivity index (χ3v) is 4.29. The van der Waals surface area contributed by atoms with E-state index in [1.54, 1.807) is 32.0 Å². The highest BCUT2D eigenvalue weighted by Crippen LogP contribution is 2.15. The number of hydrogen-bond donors (Lipinski definition) is 3. The molecule has 0 aliphatic rings. The van der Waals surface area contributed by atoms with E-state index in [0.29, 0.717) is 17.1 Å². The summed E-state index contributed by atoms with van der Waals surface area (Å²) in [5, 5.41) is 9.31. The predicted molar refractivity (Wildman–Crippen MR) is 78.3 cm³/mol. The zero-order valence-corrected chi connectivity index (χ0v) is 12.5. The Balaban J connectivity index is 1.99. The first-order valence-corrected chi connectivity index (χ1v) is 7.74. The van der Waals surface area contributed by atoms with Crippen LogP contribution in [0.25, 0.3) is 0 Å². The third kappa shape index (κ3) is 3.67. The number of aromatic nitrogens is 2. The van der Waals surface area contributed by atoms with E-state index in [4.69, 9.17) is 0 Å². The first-order valence-electron chi connectivity index (χ1n) is 6.26. The highest BCUT2D eigenvalue weighted by Gasteiger charge is 2.16. The molecule has 0 aliphatic carbocycles. The Morgan fingerprint density at radius 2 is 1.90 bits per heavy atom. The fourth-order valence-corrected chi connectivity index (χ4v) is 2.77. The minimum absolute atomic E-state index is 0.119. The van der Waals surface area contributed by atoms with Crippen molar-refractivity contribution in [1.82, 2.24) is 14.9 Å². The van der Waals surface area contributed by atoms with Gasteiger partial charge in [-0.25, -0.2) is 13.1 Å². The Morgan fingerprint density at radius 1 is 1.24 bits per heavy atom. The van der Waals surface area contributed by atoms with Crippen LogP contribution in [0.2, 0.25) is 0 Å². The van der Waals surface area contributed by atoms with Crippen LogP contribution < -0.4 is 10.0 Å². The third-order valence-electron chi connectivity index (χ3n) is 2.87. The minimum atomic E-state index is -3.69. The number of aromatic amines is 1. The molecule has 0 bridgehead atoms. The van der Waals surface area contributed by atoms with Gasteiger partial charge in [0.2, 0.25) is 15.9 Å². The first-order chi connectivity index (χ1) is 9.90. The van der Waals surface area contributed by atoms with Crippen LogP contribution >= 0.6 is 0 Å². The zero-order valence-electron chi connectivity index (χ0n) is 11.7. The summed E-state index contributed by atoms with van der Waals surface area (Å²) in [6.07, 6.45) is 0. The van der Waals surface area contributed by atoms with Crippen LogP contribution in [0.4, 0.5) is 5.69 Å². The van der Waals surface area contributed by atoms with E-state index in [-0.39, 0.29) is 11.4 Å². The number of carbonyl (C=O) groups is 1. The van der Waals surface area contributed by atoms with Crippen LogP contribution in [0, 0.1) is 13.8 Å². The number of rotatable bonds is 5. The van der Waals surface area contributed by atoms with Crippen molar-refractivity contribution in [2.75, 3.05) is 11.9 Å². The van der Waals surface area contributed by atoms with E-state index in [0.717, 1.165) is 0 Å². The molecule has 0 aliphatic heterocycles. The summed E-state index contributed by atoms with van der Waals surface area (Å²) in [4.78, 5) is 11.9. The van der Waals surface area contributed by atoms with Crippen LogP contribution in [0.15, 0.2) is 35.2 Å². The van der Waals surface area contributed by atoms with Crippen molar-refractivity contribution in [2.45, 2.75) is 18.7 Å². The van der Waals surface area contributed by atoms with Gasteiger partial charge in [0.05, 0.1) is 28.5 Å². The molecular weight excluding hydrogens is 292 g/mol. The molecule has 0 atom stereocenters. The number of amides is 1. The summed E-state index contributed by atoms with van der Waals surface area (Å²) in [6.45, 7) is 3.16. The van der Waals surface area contributed by atoms with Crippen molar-refractivity contribution in [3.8, 4) is 0 Å². The molecule has 0 saturated carbocycles. The molecule has 112 valence electrons. The summed E-state index contributed by atoms with van der Waals surface area (Å²) in [7, 11) is -3.69. The lowest BCUT2D eigenvalue weighted by Crippen LogP contribution is -2.33. The lowest BCUT2D eigenvalue weighted by Gasteiger charge is -2.08. The Hall–Kier alpha value is -2.19. The van der Waals surface area contributed by atoms with Crippen LogP contribution in [0.1, 0.15) is 11.4 Å². The van der Waals surface area contributed by atoms with Gasteiger partial charge in [0.15, 0.2) is 0 Å². The van der Waals surface area contributed by atoms with Crippen LogP contribution in [0.3, 0.4) is 0 Å². The van der Waals surface area contributed by atoms with Gasteiger partial charge in [-0.05, 0) is 26.0 Å². The van der Waals surface area contributed by atoms with Crippen molar-refractivity contribution in [2.24, 2.45) is 0 Å². The molecule has 2 rings (SSSR count). The second-order valence-electron chi connectivity index (χ2n) is 4.49. The van der Waals surface area contributed by atoms with Crippen LogP contribution in [0.5, 0.6) is 0 Å². The average molecular weight is 308 g/mol. The molecule has 0 fully saturated rings. The monoisotopic (exact) mass is 308 g/mol. The molecule has 2 aromatic rings. The van der Waals surface area contributed by atoms with Crippen molar-refractivity contribution in [3.63, 3.8) is 0 Å². The van der Waals surface area contributed by atoms with Crippen LogP contribution in [-0.4, -0.2) is 31.1 Å². The second-order valence-corrected chi connectivity index (χ2v) is 6.26. The number of carbonyl (C=O) groups excluding carboxylic acids is 1. The smallest absolute Gasteiger partial charge is 0.241 e. The van der Waals surface area contributed by atoms with Gasteiger partial charge in [-0.2, -0.15) is 5.10 Å². The van der Waals surface area contributed by atoms with Crippen molar-refractivity contribution in [3.05, 3.63) is 41.7 Å². The Kier molecular flexibility index (Phi) is 4.39. The van der Waals surface area contributed by atoms with Crippen LogP contribution in [-0.2, 0) is 14.8 Å².